The van der Waals surface area contributed by atoms with Gasteiger partial charge in [0.2, 0.25) is 0 Å². The van der Waals surface area contributed by atoms with Gasteiger partial charge in [0.05, 0.1) is 23.8 Å². The maximum Gasteiger partial charge on any atom is 0.170 e. The normalized spacial score (nSPS) is 11.2. The zero-order valence-corrected chi connectivity index (χ0v) is 15.8. The van der Waals surface area contributed by atoms with E-state index in [0.717, 1.165) is 38.6 Å². The minimum atomic E-state index is -0.00311. The highest BCUT2D eigenvalue weighted by Crippen LogP contribution is 2.22. The standard InChI is InChI=1S/C23H17N5O/c1-28-14-19(13-27-28)22-8-16-7-20(24-11-18(16)12-26-22)9-23(29)17-6-15-4-2-3-5-21(15)25-10-17/h2-8,10-14H,9H2,1H3. The van der Waals surface area contributed by atoms with Crippen LogP contribution in [0.25, 0.3) is 32.9 Å². The van der Waals surface area contributed by atoms with Gasteiger partial charge in [0.25, 0.3) is 0 Å². The van der Waals surface area contributed by atoms with Gasteiger partial charge in [-0.3, -0.25) is 24.4 Å². The second-order valence-corrected chi connectivity index (χ2v) is 7.01. The Morgan fingerprint density at radius 2 is 1.76 bits per heavy atom. The van der Waals surface area contributed by atoms with Crippen LogP contribution in [0, 0.1) is 0 Å². The number of benzene rings is 1. The van der Waals surface area contributed by atoms with Gasteiger partial charge in [-0.05, 0) is 29.7 Å². The highest BCUT2D eigenvalue weighted by Gasteiger charge is 2.11. The molecule has 0 radical (unpaired) electrons. The lowest BCUT2D eigenvalue weighted by Crippen LogP contribution is -2.05. The number of aromatic nitrogens is 5. The van der Waals surface area contributed by atoms with Crippen LogP contribution >= 0.6 is 0 Å². The molecule has 0 aliphatic heterocycles. The zero-order chi connectivity index (χ0) is 19.8. The number of carbonyl (C=O) groups is 1. The molecule has 1 aromatic carbocycles. The van der Waals surface area contributed by atoms with Crippen LogP contribution in [0.1, 0.15) is 16.1 Å². The van der Waals surface area contributed by atoms with E-state index in [1.54, 1.807) is 29.5 Å². The third-order valence-corrected chi connectivity index (χ3v) is 4.91. The molecule has 5 aromatic rings. The fourth-order valence-electron chi connectivity index (χ4n) is 3.38. The molecule has 4 aromatic heterocycles. The first-order chi connectivity index (χ1) is 14.2. The molecule has 0 saturated carbocycles. The highest BCUT2D eigenvalue weighted by atomic mass is 16.1. The van der Waals surface area contributed by atoms with Gasteiger partial charge in [-0.1, -0.05) is 18.2 Å². The molecule has 0 aliphatic rings. The van der Waals surface area contributed by atoms with Gasteiger partial charge in [-0.2, -0.15) is 5.10 Å². The molecule has 0 bridgehead atoms. The van der Waals surface area contributed by atoms with Crippen LogP contribution < -0.4 is 0 Å². The molecule has 4 heterocycles. The van der Waals surface area contributed by atoms with Crippen LogP contribution in [0.2, 0.25) is 0 Å². The van der Waals surface area contributed by atoms with Crippen LogP contribution in [0.15, 0.2) is 73.4 Å². The molecule has 0 spiro atoms. The molecule has 0 unspecified atom stereocenters. The topological polar surface area (TPSA) is 73.6 Å². The number of Topliss-reactive ketones (excluding diaryl/α,β-unsaturated/α-hetero) is 1. The SMILES string of the molecule is Cn1cc(-c2cc3cc(CC(=O)c4cnc5ccccc5c4)ncc3cn2)cn1. The monoisotopic (exact) mass is 379 g/mol. The van der Waals surface area contributed by atoms with Crippen molar-refractivity contribution in [2.45, 2.75) is 6.42 Å². The predicted octanol–water partition coefficient (Wildman–Crippen LogP) is 4.00. The third-order valence-electron chi connectivity index (χ3n) is 4.91. The lowest BCUT2D eigenvalue weighted by Gasteiger charge is -2.05. The fourth-order valence-corrected chi connectivity index (χ4v) is 3.38. The number of hydrogen-bond acceptors (Lipinski definition) is 5. The van der Waals surface area contributed by atoms with Crippen molar-refractivity contribution in [1.29, 1.82) is 0 Å². The van der Waals surface area contributed by atoms with Gasteiger partial charge in [-0.15, -0.1) is 0 Å². The van der Waals surface area contributed by atoms with E-state index in [1.165, 1.54) is 0 Å². The first-order valence-corrected chi connectivity index (χ1v) is 9.27. The van der Waals surface area contributed by atoms with E-state index in [1.807, 2.05) is 55.7 Å². The van der Waals surface area contributed by atoms with Crippen molar-refractivity contribution in [1.82, 2.24) is 24.7 Å². The number of para-hydroxylation sites is 1. The third kappa shape index (κ3) is 3.36. The lowest BCUT2D eigenvalue weighted by molar-refractivity contribution is 0.0992. The summed E-state index contributed by atoms with van der Waals surface area (Å²) in [6, 6.07) is 13.6. The van der Waals surface area contributed by atoms with Crippen LogP contribution in [-0.2, 0) is 13.5 Å². The molecule has 29 heavy (non-hydrogen) atoms. The molecule has 0 aliphatic carbocycles. The average Bonchev–Trinajstić information content (AvgIpc) is 3.19. The number of rotatable bonds is 4. The molecule has 6 heteroatoms. The van der Waals surface area contributed by atoms with Crippen molar-refractivity contribution in [3.63, 3.8) is 0 Å². The Balaban J connectivity index is 1.45. The molecule has 0 atom stereocenters. The molecule has 0 N–H and O–H groups in total. The van der Waals surface area contributed by atoms with E-state index in [-0.39, 0.29) is 12.2 Å². The summed E-state index contributed by atoms with van der Waals surface area (Å²) in [6.07, 6.45) is 9.12. The molecular formula is C23H17N5O. The molecule has 140 valence electrons. The molecule has 0 saturated heterocycles. The largest absolute Gasteiger partial charge is 0.294 e. The summed E-state index contributed by atoms with van der Waals surface area (Å²) in [4.78, 5) is 26.1. The number of hydrogen-bond donors (Lipinski definition) is 0. The molecule has 0 amide bonds. The van der Waals surface area contributed by atoms with Crippen LogP contribution in [0.5, 0.6) is 0 Å². The van der Waals surface area contributed by atoms with Crippen LogP contribution in [-0.4, -0.2) is 30.5 Å². The van der Waals surface area contributed by atoms with Gasteiger partial charge in [0.1, 0.15) is 0 Å². The van der Waals surface area contributed by atoms with Crippen molar-refractivity contribution >= 4 is 27.5 Å². The van der Waals surface area contributed by atoms with Gasteiger partial charge in [0, 0.05) is 59.4 Å². The number of pyridine rings is 3. The summed E-state index contributed by atoms with van der Waals surface area (Å²) in [5, 5.41) is 7.08. The number of fused-ring (bicyclic) bond motifs is 2. The minimum absolute atomic E-state index is 0.00311. The summed E-state index contributed by atoms with van der Waals surface area (Å²) < 4.78 is 1.75. The maximum atomic E-state index is 12.8. The van der Waals surface area contributed by atoms with Crippen molar-refractivity contribution in [3.8, 4) is 11.3 Å². The Labute approximate surface area is 166 Å². The van der Waals surface area contributed by atoms with E-state index in [4.69, 9.17) is 0 Å². The fraction of sp³-hybridized carbons (Fsp3) is 0.0870. The van der Waals surface area contributed by atoms with Crippen molar-refractivity contribution in [2.24, 2.45) is 7.05 Å². The number of ketones is 1. The molecule has 5 rings (SSSR count). The number of carbonyl (C=O) groups excluding carboxylic acids is 1. The first kappa shape index (κ1) is 17.2. The first-order valence-electron chi connectivity index (χ1n) is 9.27. The summed E-state index contributed by atoms with van der Waals surface area (Å²) in [5.41, 5.74) is 3.98. The second-order valence-electron chi connectivity index (χ2n) is 7.01. The van der Waals surface area contributed by atoms with Crippen LogP contribution in [0.4, 0.5) is 0 Å². The zero-order valence-electron chi connectivity index (χ0n) is 15.8. The highest BCUT2D eigenvalue weighted by molar-refractivity contribution is 6.00. The van der Waals surface area contributed by atoms with E-state index in [0.29, 0.717) is 5.56 Å². The van der Waals surface area contributed by atoms with E-state index in [2.05, 4.69) is 20.1 Å². The number of nitrogens with zero attached hydrogens (tertiary/aromatic N) is 5. The average molecular weight is 379 g/mol. The van der Waals surface area contributed by atoms with Crippen molar-refractivity contribution in [2.75, 3.05) is 0 Å². The summed E-state index contributed by atoms with van der Waals surface area (Å²) in [5.74, 6) is -0.00311. The van der Waals surface area contributed by atoms with Crippen LogP contribution in [0.3, 0.4) is 0 Å². The summed E-state index contributed by atoms with van der Waals surface area (Å²) in [6.45, 7) is 0. The van der Waals surface area contributed by atoms with Crippen molar-refractivity contribution < 1.29 is 4.79 Å². The molecular weight excluding hydrogens is 362 g/mol. The minimum Gasteiger partial charge on any atom is -0.294 e. The smallest absolute Gasteiger partial charge is 0.170 e. The van der Waals surface area contributed by atoms with E-state index < -0.39 is 0 Å². The quantitative estimate of drug-likeness (QED) is 0.441. The number of aryl methyl sites for hydroxylation is 1. The van der Waals surface area contributed by atoms with Gasteiger partial charge < -0.3 is 0 Å². The maximum absolute atomic E-state index is 12.8. The van der Waals surface area contributed by atoms with Gasteiger partial charge in [-0.25, -0.2) is 0 Å². The lowest BCUT2D eigenvalue weighted by atomic mass is 10.0. The van der Waals surface area contributed by atoms with Gasteiger partial charge in [0.15, 0.2) is 5.78 Å². The Bertz CT molecular complexity index is 1370. The molecule has 0 fully saturated rings. The Kier molecular flexibility index (Phi) is 4.09. The van der Waals surface area contributed by atoms with E-state index in [9.17, 15) is 4.79 Å². The predicted molar refractivity (Wildman–Crippen MR) is 112 cm³/mol. The Morgan fingerprint density at radius 3 is 2.62 bits per heavy atom. The Morgan fingerprint density at radius 1 is 0.897 bits per heavy atom. The summed E-state index contributed by atoms with van der Waals surface area (Å²) in [7, 11) is 1.87. The van der Waals surface area contributed by atoms with Gasteiger partial charge >= 0.3 is 0 Å². The molecule has 6 nitrogen and oxygen atoms in total. The second kappa shape index (κ2) is 6.91. The summed E-state index contributed by atoms with van der Waals surface area (Å²) >= 11 is 0. The van der Waals surface area contributed by atoms with Crippen molar-refractivity contribution in [3.05, 3.63) is 84.7 Å². The Hall–Kier alpha value is -3.93. The van der Waals surface area contributed by atoms with E-state index >= 15 is 0 Å².